The molecule has 1 aromatic rings. The Bertz CT molecular complexity index is 493. The molecule has 1 atom stereocenters. The molecule has 5 heteroatoms. The normalized spacial score (nSPS) is 12.3. The van der Waals surface area contributed by atoms with E-state index >= 15 is 0 Å². The second-order valence-corrected chi connectivity index (χ2v) is 6.41. The smallest absolute Gasteiger partial charge is 0.408 e. The molecule has 1 aromatic carbocycles. The fourth-order valence-corrected chi connectivity index (χ4v) is 1.91. The monoisotopic (exact) mass is 321 g/mol. The maximum absolute atomic E-state index is 12.2. The molecular weight excluding hydrogens is 294 g/mol. The molecule has 0 aromatic heterocycles. The van der Waals surface area contributed by atoms with Gasteiger partial charge in [0.2, 0.25) is 0 Å². The largest absolute Gasteiger partial charge is 0.464 e. The van der Waals surface area contributed by atoms with Gasteiger partial charge in [0.25, 0.3) is 0 Å². The van der Waals surface area contributed by atoms with Crippen molar-refractivity contribution >= 4 is 12.1 Å². The zero-order chi connectivity index (χ0) is 17.3. The molecule has 0 aliphatic carbocycles. The van der Waals surface area contributed by atoms with Crippen LogP contribution in [0.5, 0.6) is 0 Å². The third-order valence-electron chi connectivity index (χ3n) is 3.00. The first-order valence-electron chi connectivity index (χ1n) is 8.02. The summed E-state index contributed by atoms with van der Waals surface area (Å²) in [6, 6.07) is 8.74. The van der Waals surface area contributed by atoms with Crippen LogP contribution in [0.2, 0.25) is 0 Å². The standard InChI is InChI=1S/C18H27NO4/c1-5-6-12-22-16(20)15(13-14-10-8-7-9-11-14)19-17(21)23-18(2,3)4/h7-11,15H,5-6,12-13H2,1-4H3,(H,19,21). The van der Waals surface area contributed by atoms with Gasteiger partial charge in [0, 0.05) is 6.42 Å². The average Bonchev–Trinajstić information content (AvgIpc) is 2.46. The van der Waals surface area contributed by atoms with E-state index in [-0.39, 0.29) is 0 Å². The van der Waals surface area contributed by atoms with Crippen LogP contribution in [0.25, 0.3) is 0 Å². The second kappa shape index (κ2) is 9.18. The number of hydrogen-bond donors (Lipinski definition) is 1. The summed E-state index contributed by atoms with van der Waals surface area (Å²) in [6.07, 6.45) is 1.49. The third-order valence-corrected chi connectivity index (χ3v) is 3.00. The SMILES string of the molecule is CCCCOC(=O)C(Cc1ccccc1)NC(=O)OC(C)(C)C. The molecule has 0 radical (unpaired) electrons. The Hall–Kier alpha value is -2.04. The number of carbonyl (C=O) groups excluding carboxylic acids is 2. The van der Waals surface area contributed by atoms with Gasteiger partial charge < -0.3 is 14.8 Å². The highest BCUT2D eigenvalue weighted by Crippen LogP contribution is 2.09. The number of alkyl carbamates (subject to hydrolysis) is 1. The molecule has 5 nitrogen and oxygen atoms in total. The number of nitrogens with one attached hydrogen (secondary N) is 1. The van der Waals surface area contributed by atoms with Crippen molar-refractivity contribution in [3.63, 3.8) is 0 Å². The molecule has 1 amide bonds. The van der Waals surface area contributed by atoms with E-state index in [1.807, 2.05) is 37.3 Å². The molecular formula is C18H27NO4. The highest BCUT2D eigenvalue weighted by molar-refractivity contribution is 5.81. The van der Waals surface area contributed by atoms with Gasteiger partial charge in [0.1, 0.15) is 11.6 Å². The Morgan fingerprint density at radius 1 is 1.17 bits per heavy atom. The van der Waals surface area contributed by atoms with Gasteiger partial charge in [0.15, 0.2) is 0 Å². The average molecular weight is 321 g/mol. The van der Waals surface area contributed by atoms with E-state index in [0.29, 0.717) is 13.0 Å². The third kappa shape index (κ3) is 8.24. The maximum Gasteiger partial charge on any atom is 0.408 e. The van der Waals surface area contributed by atoms with Crippen molar-refractivity contribution in [3.05, 3.63) is 35.9 Å². The number of esters is 1. The number of unbranched alkanes of at least 4 members (excludes halogenated alkanes) is 1. The summed E-state index contributed by atoms with van der Waals surface area (Å²) in [7, 11) is 0. The fourth-order valence-electron chi connectivity index (χ4n) is 1.91. The van der Waals surface area contributed by atoms with E-state index in [0.717, 1.165) is 18.4 Å². The van der Waals surface area contributed by atoms with Crippen molar-refractivity contribution in [1.82, 2.24) is 5.32 Å². The summed E-state index contributed by atoms with van der Waals surface area (Å²) in [5.74, 6) is -0.437. The first kappa shape index (κ1) is 19.0. The molecule has 0 aliphatic rings. The molecule has 1 rings (SSSR count). The first-order chi connectivity index (χ1) is 10.8. The quantitative estimate of drug-likeness (QED) is 0.617. The molecule has 0 aliphatic heterocycles. The van der Waals surface area contributed by atoms with Gasteiger partial charge in [-0.05, 0) is 32.8 Å². The molecule has 0 fully saturated rings. The molecule has 1 unspecified atom stereocenters. The lowest BCUT2D eigenvalue weighted by molar-refractivity contribution is -0.146. The molecule has 23 heavy (non-hydrogen) atoms. The van der Waals surface area contributed by atoms with Crippen LogP contribution in [0.4, 0.5) is 4.79 Å². The highest BCUT2D eigenvalue weighted by Gasteiger charge is 2.25. The van der Waals surface area contributed by atoms with Crippen molar-refractivity contribution in [2.45, 2.75) is 58.6 Å². The van der Waals surface area contributed by atoms with Gasteiger partial charge >= 0.3 is 12.1 Å². The molecule has 0 bridgehead atoms. The van der Waals surface area contributed by atoms with E-state index in [1.165, 1.54) is 0 Å². The summed E-state index contributed by atoms with van der Waals surface area (Å²) < 4.78 is 10.5. The van der Waals surface area contributed by atoms with Crippen LogP contribution >= 0.6 is 0 Å². The number of ether oxygens (including phenoxy) is 2. The molecule has 0 heterocycles. The van der Waals surface area contributed by atoms with E-state index in [4.69, 9.17) is 9.47 Å². The van der Waals surface area contributed by atoms with Crippen molar-refractivity contribution in [3.8, 4) is 0 Å². The summed E-state index contributed by atoms with van der Waals surface area (Å²) in [4.78, 5) is 24.2. The maximum atomic E-state index is 12.2. The zero-order valence-electron chi connectivity index (χ0n) is 14.4. The molecule has 128 valence electrons. The molecule has 1 N–H and O–H groups in total. The van der Waals surface area contributed by atoms with Gasteiger partial charge in [-0.15, -0.1) is 0 Å². The van der Waals surface area contributed by atoms with Crippen LogP contribution < -0.4 is 5.32 Å². The van der Waals surface area contributed by atoms with Crippen LogP contribution in [0, 0.1) is 0 Å². The molecule has 0 saturated heterocycles. The van der Waals surface area contributed by atoms with Crippen LogP contribution in [-0.2, 0) is 20.7 Å². The van der Waals surface area contributed by atoms with Crippen LogP contribution in [0.3, 0.4) is 0 Å². The predicted octanol–water partition coefficient (Wildman–Crippen LogP) is 3.47. The second-order valence-electron chi connectivity index (χ2n) is 6.41. The Morgan fingerprint density at radius 2 is 1.83 bits per heavy atom. The zero-order valence-corrected chi connectivity index (χ0v) is 14.4. The Kier molecular flexibility index (Phi) is 7.59. The molecule has 0 saturated carbocycles. The van der Waals surface area contributed by atoms with Crippen molar-refractivity contribution in [2.24, 2.45) is 0 Å². The lowest BCUT2D eigenvalue weighted by Crippen LogP contribution is -2.45. The van der Waals surface area contributed by atoms with E-state index in [2.05, 4.69) is 5.32 Å². The van der Waals surface area contributed by atoms with Crippen molar-refractivity contribution < 1.29 is 19.1 Å². The number of benzene rings is 1. The molecule has 0 spiro atoms. The Balaban J connectivity index is 2.71. The van der Waals surface area contributed by atoms with Gasteiger partial charge in [0.05, 0.1) is 6.61 Å². The summed E-state index contributed by atoms with van der Waals surface area (Å²) in [5, 5.41) is 2.61. The lowest BCUT2D eigenvalue weighted by atomic mass is 10.1. The minimum Gasteiger partial charge on any atom is -0.464 e. The predicted molar refractivity (Wildman–Crippen MR) is 89.2 cm³/mol. The Labute approximate surface area is 138 Å². The summed E-state index contributed by atoms with van der Waals surface area (Å²) in [5.41, 5.74) is 0.328. The topological polar surface area (TPSA) is 64.6 Å². The van der Waals surface area contributed by atoms with Crippen molar-refractivity contribution in [2.75, 3.05) is 6.61 Å². The van der Waals surface area contributed by atoms with Gasteiger partial charge in [-0.25, -0.2) is 9.59 Å². The van der Waals surface area contributed by atoms with Crippen LogP contribution in [0.15, 0.2) is 30.3 Å². The first-order valence-corrected chi connectivity index (χ1v) is 8.02. The highest BCUT2D eigenvalue weighted by atomic mass is 16.6. The minimum absolute atomic E-state index is 0.358. The van der Waals surface area contributed by atoms with E-state index in [1.54, 1.807) is 20.8 Å². The fraction of sp³-hybridized carbons (Fsp3) is 0.556. The van der Waals surface area contributed by atoms with Gasteiger partial charge in [-0.2, -0.15) is 0 Å². The number of rotatable bonds is 7. The minimum atomic E-state index is -0.760. The van der Waals surface area contributed by atoms with E-state index < -0.39 is 23.7 Å². The number of carbonyl (C=O) groups is 2. The van der Waals surface area contributed by atoms with Gasteiger partial charge in [-0.1, -0.05) is 43.7 Å². The van der Waals surface area contributed by atoms with E-state index in [9.17, 15) is 9.59 Å². The summed E-state index contributed by atoms with van der Waals surface area (Å²) in [6.45, 7) is 7.71. The number of hydrogen-bond acceptors (Lipinski definition) is 4. The van der Waals surface area contributed by atoms with Crippen molar-refractivity contribution in [1.29, 1.82) is 0 Å². The van der Waals surface area contributed by atoms with Gasteiger partial charge in [-0.3, -0.25) is 0 Å². The van der Waals surface area contributed by atoms with Crippen LogP contribution in [-0.4, -0.2) is 30.3 Å². The lowest BCUT2D eigenvalue weighted by Gasteiger charge is -2.23. The van der Waals surface area contributed by atoms with Crippen LogP contribution in [0.1, 0.15) is 46.1 Å². The number of amides is 1. The summed E-state index contributed by atoms with van der Waals surface area (Å²) >= 11 is 0. The Morgan fingerprint density at radius 3 is 2.39 bits per heavy atom.